The lowest BCUT2D eigenvalue weighted by Crippen LogP contribution is -2.46. The summed E-state index contributed by atoms with van der Waals surface area (Å²) >= 11 is 0. The zero-order chi connectivity index (χ0) is 12.1. The Kier molecular flexibility index (Phi) is 5.36. The molecule has 1 unspecified atom stereocenters. The highest BCUT2D eigenvalue weighted by Gasteiger charge is 2.41. The van der Waals surface area contributed by atoms with Crippen LogP contribution in [0.15, 0.2) is 37.0 Å². The van der Waals surface area contributed by atoms with Crippen LogP contribution in [0.1, 0.15) is 13.8 Å². The minimum Gasteiger partial charge on any atom is -0.300 e. The third-order valence-electron chi connectivity index (χ3n) is 1.71. The normalized spacial score (nSPS) is 15.2. The predicted octanol–water partition coefficient (Wildman–Crippen LogP) is 3.21. The lowest BCUT2D eigenvalue weighted by molar-refractivity contribution is -0.147. The number of hydrogen-bond acceptors (Lipinski definition) is 1. The molecule has 0 aromatic heterocycles. The summed E-state index contributed by atoms with van der Waals surface area (Å²) in [7, 11) is 0. The van der Waals surface area contributed by atoms with Crippen molar-refractivity contribution in [2.24, 2.45) is 0 Å². The summed E-state index contributed by atoms with van der Waals surface area (Å²) in [5.41, 5.74) is 0.0752. The molecule has 0 rings (SSSR count). The van der Waals surface area contributed by atoms with Gasteiger partial charge in [-0.25, -0.2) is 0 Å². The Bertz CT molecular complexity index is 251. The second-order valence-electron chi connectivity index (χ2n) is 3.40. The monoisotopic (exact) mass is 219 g/mol. The van der Waals surface area contributed by atoms with Crippen molar-refractivity contribution in [1.29, 1.82) is 0 Å². The van der Waals surface area contributed by atoms with E-state index in [0.29, 0.717) is 0 Å². The molecule has 0 saturated carbocycles. The summed E-state index contributed by atoms with van der Waals surface area (Å²) in [4.78, 5) is 0. The van der Waals surface area contributed by atoms with Crippen molar-refractivity contribution in [3.63, 3.8) is 0 Å². The first-order valence-corrected chi connectivity index (χ1v) is 4.60. The predicted molar refractivity (Wildman–Crippen MR) is 56.6 cm³/mol. The van der Waals surface area contributed by atoms with E-state index in [1.807, 2.05) is 0 Å². The van der Waals surface area contributed by atoms with Gasteiger partial charge in [-0.05, 0) is 5.57 Å². The molecule has 1 atom stereocenters. The van der Waals surface area contributed by atoms with Crippen LogP contribution < -0.4 is 5.32 Å². The SMILES string of the molecule is C=C/C=C(\C=C)C(NC(C)C)C(F)(F)F. The zero-order valence-electron chi connectivity index (χ0n) is 8.93. The van der Waals surface area contributed by atoms with Gasteiger partial charge >= 0.3 is 6.18 Å². The van der Waals surface area contributed by atoms with E-state index in [9.17, 15) is 13.2 Å². The molecule has 0 saturated heterocycles. The lowest BCUT2D eigenvalue weighted by atomic mass is 10.1. The summed E-state index contributed by atoms with van der Waals surface area (Å²) in [6.45, 7) is 10.1. The highest BCUT2D eigenvalue weighted by molar-refractivity contribution is 5.28. The molecule has 1 nitrogen and oxygen atoms in total. The molecule has 0 aliphatic heterocycles. The summed E-state index contributed by atoms with van der Waals surface area (Å²) in [6, 6.07) is -1.95. The number of allylic oxidation sites excluding steroid dienone is 2. The van der Waals surface area contributed by atoms with E-state index in [4.69, 9.17) is 0 Å². The Hall–Kier alpha value is -1.03. The van der Waals surface area contributed by atoms with Gasteiger partial charge < -0.3 is 5.32 Å². The van der Waals surface area contributed by atoms with E-state index in [1.165, 1.54) is 18.2 Å². The number of halogens is 3. The molecule has 0 aromatic rings. The van der Waals surface area contributed by atoms with Gasteiger partial charge in [-0.3, -0.25) is 0 Å². The van der Waals surface area contributed by atoms with E-state index in [1.54, 1.807) is 13.8 Å². The van der Waals surface area contributed by atoms with Crippen molar-refractivity contribution in [3.8, 4) is 0 Å². The minimum atomic E-state index is -4.33. The van der Waals surface area contributed by atoms with Gasteiger partial charge in [0.05, 0.1) is 0 Å². The fourth-order valence-electron chi connectivity index (χ4n) is 1.13. The Labute approximate surface area is 88.4 Å². The molecule has 0 heterocycles. The maximum atomic E-state index is 12.7. The Morgan fingerprint density at radius 1 is 1.27 bits per heavy atom. The first kappa shape index (κ1) is 14.0. The number of alkyl halides is 3. The molecular weight excluding hydrogens is 203 g/mol. The van der Waals surface area contributed by atoms with Gasteiger partial charge in [0, 0.05) is 6.04 Å². The third-order valence-corrected chi connectivity index (χ3v) is 1.71. The fourth-order valence-corrected chi connectivity index (χ4v) is 1.13. The Morgan fingerprint density at radius 3 is 2.07 bits per heavy atom. The van der Waals surface area contributed by atoms with Gasteiger partial charge in [0.25, 0.3) is 0 Å². The molecule has 0 amide bonds. The largest absolute Gasteiger partial charge is 0.407 e. The van der Waals surface area contributed by atoms with E-state index in [-0.39, 0.29) is 11.6 Å². The molecule has 0 aromatic carbocycles. The van der Waals surface area contributed by atoms with Crippen LogP contribution in [0, 0.1) is 0 Å². The first-order valence-electron chi connectivity index (χ1n) is 4.60. The van der Waals surface area contributed by atoms with Crippen LogP contribution in [0.25, 0.3) is 0 Å². The van der Waals surface area contributed by atoms with Gasteiger partial charge in [0.15, 0.2) is 0 Å². The highest BCUT2D eigenvalue weighted by atomic mass is 19.4. The second kappa shape index (κ2) is 5.75. The Balaban J connectivity index is 4.99. The molecule has 0 aliphatic rings. The topological polar surface area (TPSA) is 12.0 Å². The van der Waals surface area contributed by atoms with Crippen LogP contribution in [0.3, 0.4) is 0 Å². The van der Waals surface area contributed by atoms with Crippen LogP contribution >= 0.6 is 0 Å². The molecular formula is C11H16F3N. The quantitative estimate of drug-likeness (QED) is 0.700. The minimum absolute atomic E-state index is 0.0752. The molecule has 0 fully saturated rings. The number of rotatable bonds is 5. The lowest BCUT2D eigenvalue weighted by Gasteiger charge is -2.24. The number of hydrogen-bond donors (Lipinski definition) is 1. The van der Waals surface area contributed by atoms with Gasteiger partial charge in [-0.1, -0.05) is 45.2 Å². The second-order valence-corrected chi connectivity index (χ2v) is 3.40. The van der Waals surface area contributed by atoms with E-state index in [0.717, 1.165) is 0 Å². The third kappa shape index (κ3) is 4.83. The number of nitrogens with one attached hydrogen (secondary N) is 1. The molecule has 1 N–H and O–H groups in total. The maximum Gasteiger partial charge on any atom is 0.407 e. The molecule has 15 heavy (non-hydrogen) atoms. The maximum absolute atomic E-state index is 12.7. The smallest absolute Gasteiger partial charge is 0.300 e. The van der Waals surface area contributed by atoms with Crippen LogP contribution in [-0.2, 0) is 0 Å². The van der Waals surface area contributed by atoms with Gasteiger partial charge in [-0.15, -0.1) is 0 Å². The fraction of sp³-hybridized carbons (Fsp3) is 0.455. The molecule has 0 aliphatic carbocycles. The van der Waals surface area contributed by atoms with Crippen molar-refractivity contribution in [2.45, 2.75) is 32.1 Å². The zero-order valence-corrected chi connectivity index (χ0v) is 8.93. The van der Waals surface area contributed by atoms with Crippen molar-refractivity contribution >= 4 is 0 Å². The van der Waals surface area contributed by atoms with Gasteiger partial charge in [-0.2, -0.15) is 13.2 Å². The molecule has 0 radical (unpaired) electrons. The van der Waals surface area contributed by atoms with Crippen molar-refractivity contribution in [3.05, 3.63) is 37.0 Å². The van der Waals surface area contributed by atoms with Crippen molar-refractivity contribution in [1.82, 2.24) is 5.32 Å². The molecule has 0 bridgehead atoms. The molecule has 86 valence electrons. The van der Waals surface area contributed by atoms with E-state index in [2.05, 4.69) is 18.5 Å². The summed E-state index contributed by atoms with van der Waals surface area (Å²) in [5.74, 6) is 0. The molecule has 0 spiro atoms. The Morgan fingerprint density at radius 2 is 1.80 bits per heavy atom. The van der Waals surface area contributed by atoms with Crippen molar-refractivity contribution < 1.29 is 13.2 Å². The van der Waals surface area contributed by atoms with Crippen LogP contribution in [0.4, 0.5) is 13.2 Å². The summed E-state index contributed by atoms with van der Waals surface area (Å²) in [5, 5.41) is 2.44. The molecule has 4 heteroatoms. The first-order chi connectivity index (χ1) is 6.82. The average Bonchev–Trinajstić information content (AvgIpc) is 2.09. The highest BCUT2D eigenvalue weighted by Crippen LogP contribution is 2.26. The van der Waals surface area contributed by atoms with Crippen molar-refractivity contribution in [2.75, 3.05) is 0 Å². The van der Waals surface area contributed by atoms with Gasteiger partial charge in [0.1, 0.15) is 6.04 Å². The standard InChI is InChI=1S/C11H16F3N/c1-5-7-9(6-2)10(11(12,13)14)15-8(3)4/h5-8,10,15H,1-2H2,3-4H3/b9-7+. The van der Waals surface area contributed by atoms with E-state index >= 15 is 0 Å². The summed E-state index contributed by atoms with van der Waals surface area (Å²) in [6.07, 6.45) is -0.513. The van der Waals surface area contributed by atoms with Crippen LogP contribution in [-0.4, -0.2) is 18.3 Å². The van der Waals surface area contributed by atoms with Gasteiger partial charge in [0.2, 0.25) is 0 Å². The van der Waals surface area contributed by atoms with Crippen LogP contribution in [0.5, 0.6) is 0 Å². The summed E-state index contributed by atoms with van der Waals surface area (Å²) < 4.78 is 38.0. The van der Waals surface area contributed by atoms with Crippen LogP contribution in [0.2, 0.25) is 0 Å². The van der Waals surface area contributed by atoms with E-state index < -0.39 is 12.2 Å². The average molecular weight is 219 g/mol.